The molecule has 1 aromatic rings. The minimum absolute atomic E-state index is 0.000239. The Morgan fingerprint density at radius 1 is 1.16 bits per heavy atom. The van der Waals surface area contributed by atoms with Gasteiger partial charge in [0.1, 0.15) is 18.7 Å². The molecule has 0 aromatic heterocycles. The van der Waals surface area contributed by atoms with E-state index in [4.69, 9.17) is 4.74 Å². The Labute approximate surface area is 181 Å². The Kier molecular flexibility index (Phi) is 9.30. The third kappa shape index (κ3) is 8.27. The summed E-state index contributed by atoms with van der Waals surface area (Å²) in [5.41, 5.74) is 0.805. The quantitative estimate of drug-likeness (QED) is 0.445. The van der Waals surface area contributed by atoms with Crippen LogP contribution in [0.2, 0.25) is 0 Å². The number of piperidine rings is 1. The molecule has 0 radical (unpaired) electrons. The lowest BCUT2D eigenvalue weighted by Gasteiger charge is -2.26. The molecule has 9 heteroatoms. The number of benzene rings is 1. The fraction of sp³-hybridized carbons (Fsp3) is 0.545. The molecule has 0 spiro atoms. The van der Waals surface area contributed by atoms with Crippen molar-refractivity contribution in [3.05, 3.63) is 35.9 Å². The van der Waals surface area contributed by atoms with Crippen LogP contribution in [0.3, 0.4) is 0 Å². The Hall–Kier alpha value is -3.10. The summed E-state index contributed by atoms with van der Waals surface area (Å²) in [5.74, 6) is -2.44. The summed E-state index contributed by atoms with van der Waals surface area (Å²) in [5, 5.41) is 17.3. The van der Waals surface area contributed by atoms with Crippen LogP contribution in [-0.4, -0.2) is 47.6 Å². The monoisotopic (exact) mass is 433 g/mol. The standard InChI is InChI=1S/C22H31N3O6/c1-14(2)11-17(25-22(30)31-13-15-7-4-3-5-8-15)20(27)24-18(21(28)29)12-16-9-6-10-23-19(16)26/h3-5,7-8,14,16-18H,6,9-13H2,1-2H3,(H,23,26)(H,24,27)(H,25,30)(H,28,29)/t16-,17-,18-/m0/s1. The number of hydrogen-bond donors (Lipinski definition) is 4. The van der Waals surface area contributed by atoms with Crippen molar-refractivity contribution in [1.82, 2.24) is 16.0 Å². The first-order valence-electron chi connectivity index (χ1n) is 10.5. The van der Waals surface area contributed by atoms with Gasteiger partial charge in [-0.1, -0.05) is 44.2 Å². The van der Waals surface area contributed by atoms with E-state index in [1.165, 1.54) is 0 Å². The van der Waals surface area contributed by atoms with Gasteiger partial charge in [-0.15, -0.1) is 0 Å². The molecule has 0 unspecified atom stereocenters. The van der Waals surface area contributed by atoms with Crippen molar-refractivity contribution in [2.75, 3.05) is 6.54 Å². The van der Waals surface area contributed by atoms with Crippen molar-refractivity contribution in [2.45, 2.75) is 58.2 Å². The first-order chi connectivity index (χ1) is 14.8. The summed E-state index contributed by atoms with van der Waals surface area (Å²) < 4.78 is 5.18. The van der Waals surface area contributed by atoms with Crippen molar-refractivity contribution >= 4 is 23.9 Å². The zero-order chi connectivity index (χ0) is 22.8. The van der Waals surface area contributed by atoms with E-state index in [-0.39, 0.29) is 24.9 Å². The number of carboxylic acids is 1. The highest BCUT2D eigenvalue weighted by Crippen LogP contribution is 2.18. The maximum absolute atomic E-state index is 12.8. The van der Waals surface area contributed by atoms with Gasteiger partial charge in [0.15, 0.2) is 0 Å². The lowest BCUT2D eigenvalue weighted by Crippen LogP contribution is -2.53. The van der Waals surface area contributed by atoms with Gasteiger partial charge in [-0.3, -0.25) is 9.59 Å². The number of aliphatic carboxylic acids is 1. The SMILES string of the molecule is CC(C)C[C@H](NC(=O)OCc1ccccc1)C(=O)N[C@@H](C[C@@H]1CCCNC1=O)C(=O)O. The van der Waals surface area contributed by atoms with Crippen molar-refractivity contribution in [3.63, 3.8) is 0 Å². The molecule has 3 amide bonds. The Morgan fingerprint density at radius 3 is 2.48 bits per heavy atom. The summed E-state index contributed by atoms with van der Waals surface area (Å²) in [6.45, 7) is 4.40. The van der Waals surface area contributed by atoms with Crippen LogP contribution in [0.1, 0.15) is 45.1 Å². The van der Waals surface area contributed by atoms with E-state index in [1.54, 1.807) is 0 Å². The molecule has 4 N–H and O–H groups in total. The minimum Gasteiger partial charge on any atom is -0.480 e. The Morgan fingerprint density at radius 2 is 1.87 bits per heavy atom. The molecule has 31 heavy (non-hydrogen) atoms. The normalized spacial score (nSPS) is 17.9. The summed E-state index contributed by atoms with van der Waals surface area (Å²) in [6.07, 6.45) is 0.887. The molecule has 1 fully saturated rings. The van der Waals surface area contributed by atoms with Crippen LogP contribution in [0.4, 0.5) is 4.79 Å². The maximum Gasteiger partial charge on any atom is 0.408 e. The van der Waals surface area contributed by atoms with E-state index in [0.29, 0.717) is 19.4 Å². The average Bonchev–Trinajstić information content (AvgIpc) is 2.73. The first-order valence-corrected chi connectivity index (χ1v) is 10.5. The van der Waals surface area contributed by atoms with Gasteiger partial charge in [-0.05, 0) is 37.2 Å². The van der Waals surface area contributed by atoms with E-state index in [2.05, 4.69) is 16.0 Å². The Balaban J connectivity index is 1.96. The number of carbonyl (C=O) groups excluding carboxylic acids is 3. The Bertz CT molecular complexity index is 768. The lowest BCUT2D eigenvalue weighted by molar-refractivity contribution is -0.143. The van der Waals surface area contributed by atoms with Gasteiger partial charge in [0.2, 0.25) is 11.8 Å². The second kappa shape index (κ2) is 11.9. The van der Waals surface area contributed by atoms with Crippen LogP contribution < -0.4 is 16.0 Å². The van der Waals surface area contributed by atoms with Crippen molar-refractivity contribution in [3.8, 4) is 0 Å². The van der Waals surface area contributed by atoms with E-state index in [9.17, 15) is 24.3 Å². The fourth-order valence-corrected chi connectivity index (χ4v) is 3.45. The molecular weight excluding hydrogens is 402 g/mol. The van der Waals surface area contributed by atoms with Crippen molar-refractivity contribution in [1.29, 1.82) is 0 Å². The number of amides is 3. The predicted octanol–water partition coefficient (Wildman–Crippen LogP) is 1.81. The third-order valence-corrected chi connectivity index (χ3v) is 5.06. The van der Waals surface area contributed by atoms with Gasteiger partial charge >= 0.3 is 12.1 Å². The highest BCUT2D eigenvalue weighted by atomic mass is 16.5. The predicted molar refractivity (Wildman–Crippen MR) is 113 cm³/mol. The second-order valence-corrected chi connectivity index (χ2v) is 8.15. The number of carboxylic acid groups (broad SMARTS) is 1. The molecule has 0 aliphatic carbocycles. The molecule has 3 atom stereocenters. The molecule has 2 rings (SSSR count). The second-order valence-electron chi connectivity index (χ2n) is 8.15. The van der Waals surface area contributed by atoms with E-state index in [0.717, 1.165) is 12.0 Å². The zero-order valence-electron chi connectivity index (χ0n) is 17.9. The molecule has 1 saturated heterocycles. The first kappa shape index (κ1) is 24.2. The number of hydrogen-bond acceptors (Lipinski definition) is 5. The highest BCUT2D eigenvalue weighted by Gasteiger charge is 2.32. The number of carbonyl (C=O) groups is 4. The summed E-state index contributed by atoms with van der Waals surface area (Å²) >= 11 is 0. The van der Waals surface area contributed by atoms with Crippen LogP contribution in [0, 0.1) is 11.8 Å². The molecular formula is C22H31N3O6. The summed E-state index contributed by atoms with van der Waals surface area (Å²) in [6, 6.07) is 6.94. The fourth-order valence-electron chi connectivity index (χ4n) is 3.45. The molecule has 0 saturated carbocycles. The van der Waals surface area contributed by atoms with Crippen LogP contribution in [0.5, 0.6) is 0 Å². The molecule has 1 aliphatic heterocycles. The number of nitrogens with one attached hydrogen (secondary N) is 3. The van der Waals surface area contributed by atoms with Gasteiger partial charge < -0.3 is 25.8 Å². The zero-order valence-corrected chi connectivity index (χ0v) is 17.9. The topological polar surface area (TPSA) is 134 Å². The third-order valence-electron chi connectivity index (χ3n) is 5.06. The molecule has 170 valence electrons. The number of ether oxygens (including phenoxy) is 1. The molecule has 9 nitrogen and oxygen atoms in total. The molecule has 0 bridgehead atoms. The lowest BCUT2D eigenvalue weighted by atomic mass is 9.91. The highest BCUT2D eigenvalue weighted by molar-refractivity contribution is 5.89. The van der Waals surface area contributed by atoms with Gasteiger partial charge in [0.05, 0.1) is 0 Å². The maximum atomic E-state index is 12.8. The van der Waals surface area contributed by atoms with Crippen LogP contribution >= 0.6 is 0 Å². The van der Waals surface area contributed by atoms with E-state index < -0.39 is 36.0 Å². The number of rotatable bonds is 10. The average molecular weight is 434 g/mol. The van der Waals surface area contributed by atoms with Gasteiger partial charge in [0.25, 0.3) is 0 Å². The van der Waals surface area contributed by atoms with Crippen molar-refractivity contribution in [2.24, 2.45) is 11.8 Å². The minimum atomic E-state index is -1.22. The number of alkyl carbamates (subject to hydrolysis) is 1. The van der Waals surface area contributed by atoms with Crippen LogP contribution in [-0.2, 0) is 25.7 Å². The van der Waals surface area contributed by atoms with E-state index in [1.807, 2.05) is 44.2 Å². The van der Waals surface area contributed by atoms with Gasteiger partial charge in [-0.2, -0.15) is 0 Å². The molecule has 1 aliphatic rings. The van der Waals surface area contributed by atoms with Gasteiger partial charge in [0, 0.05) is 12.5 Å². The smallest absolute Gasteiger partial charge is 0.408 e. The van der Waals surface area contributed by atoms with Crippen LogP contribution in [0.25, 0.3) is 0 Å². The molecule has 1 heterocycles. The van der Waals surface area contributed by atoms with Gasteiger partial charge in [-0.25, -0.2) is 9.59 Å². The van der Waals surface area contributed by atoms with Crippen LogP contribution in [0.15, 0.2) is 30.3 Å². The molecule has 1 aromatic carbocycles. The summed E-state index contributed by atoms with van der Waals surface area (Å²) in [4.78, 5) is 48.6. The largest absolute Gasteiger partial charge is 0.480 e. The summed E-state index contributed by atoms with van der Waals surface area (Å²) in [7, 11) is 0. The van der Waals surface area contributed by atoms with E-state index >= 15 is 0 Å². The van der Waals surface area contributed by atoms with Crippen molar-refractivity contribution < 1.29 is 29.0 Å².